The lowest BCUT2D eigenvalue weighted by Crippen LogP contribution is -2.47. The summed E-state index contributed by atoms with van der Waals surface area (Å²) in [5.41, 5.74) is 2.11. The van der Waals surface area contributed by atoms with E-state index in [2.05, 4.69) is 35.7 Å². The van der Waals surface area contributed by atoms with Crippen LogP contribution < -0.4 is 5.32 Å². The van der Waals surface area contributed by atoms with E-state index < -0.39 is 0 Å². The Kier molecular flexibility index (Phi) is 4.08. The van der Waals surface area contributed by atoms with E-state index in [-0.39, 0.29) is 12.1 Å². The lowest BCUT2D eigenvalue weighted by atomic mass is 9.99. The molecular formula is C17H23N3O. The van der Waals surface area contributed by atoms with Crippen molar-refractivity contribution in [1.82, 2.24) is 15.1 Å². The Morgan fingerprint density at radius 1 is 1.29 bits per heavy atom. The average Bonchev–Trinajstić information content (AvgIpc) is 3.19. The lowest BCUT2D eigenvalue weighted by molar-refractivity contribution is 0.158. The highest BCUT2D eigenvalue weighted by Crippen LogP contribution is 2.24. The van der Waals surface area contributed by atoms with E-state index >= 15 is 0 Å². The van der Waals surface area contributed by atoms with Crippen LogP contribution in [0.2, 0.25) is 0 Å². The monoisotopic (exact) mass is 285 g/mol. The van der Waals surface area contributed by atoms with Crippen molar-refractivity contribution in [3.8, 4) is 11.1 Å². The summed E-state index contributed by atoms with van der Waals surface area (Å²) in [5, 5.41) is 17.6. The summed E-state index contributed by atoms with van der Waals surface area (Å²) in [6.07, 6.45) is 7.31. The predicted octanol–water partition coefficient (Wildman–Crippen LogP) is 2.44. The Balaban J connectivity index is 1.61. The number of nitrogens with zero attached hydrogens (tertiary/aromatic N) is 2. The predicted molar refractivity (Wildman–Crippen MR) is 83.9 cm³/mol. The van der Waals surface area contributed by atoms with Crippen molar-refractivity contribution in [3.05, 3.63) is 42.7 Å². The second-order valence-electron chi connectivity index (χ2n) is 6.25. The number of aliphatic hydroxyl groups is 1. The minimum atomic E-state index is -0.208. The molecule has 0 aliphatic heterocycles. The second-order valence-corrected chi connectivity index (χ2v) is 6.25. The number of benzene rings is 1. The molecule has 21 heavy (non-hydrogen) atoms. The van der Waals surface area contributed by atoms with Crippen LogP contribution in [0.1, 0.15) is 26.2 Å². The molecule has 2 aromatic rings. The standard InChI is InChI=1S/C17H23N3O/c1-17(13-21,19-16-7-8-16)9-10-20-12-15(11-18-20)14-5-3-2-4-6-14/h2-6,11-12,16,19,21H,7-10,13H2,1H3. The molecule has 112 valence electrons. The Bertz CT molecular complexity index is 577. The molecule has 0 spiro atoms. The van der Waals surface area contributed by atoms with Crippen molar-refractivity contribution in [3.63, 3.8) is 0 Å². The Hall–Kier alpha value is -1.65. The number of aryl methyl sites for hydroxylation is 1. The van der Waals surface area contributed by atoms with E-state index in [0.717, 1.165) is 18.5 Å². The molecule has 1 atom stereocenters. The fourth-order valence-corrected chi connectivity index (χ4v) is 2.54. The second kappa shape index (κ2) is 6.00. The van der Waals surface area contributed by atoms with Gasteiger partial charge in [-0.05, 0) is 31.7 Å². The van der Waals surface area contributed by atoms with E-state index in [1.54, 1.807) is 0 Å². The minimum Gasteiger partial charge on any atom is -0.394 e. The average molecular weight is 285 g/mol. The summed E-state index contributed by atoms with van der Waals surface area (Å²) in [7, 11) is 0. The molecule has 3 rings (SSSR count). The van der Waals surface area contributed by atoms with Crippen LogP contribution in [0.4, 0.5) is 0 Å². The third-order valence-corrected chi connectivity index (χ3v) is 4.11. The summed E-state index contributed by atoms with van der Waals surface area (Å²) in [4.78, 5) is 0. The SMILES string of the molecule is CC(CO)(CCn1cc(-c2ccccc2)cn1)NC1CC1. The molecule has 1 aliphatic rings. The van der Waals surface area contributed by atoms with Crippen molar-refractivity contribution in [2.24, 2.45) is 0 Å². The normalized spacial score (nSPS) is 17.6. The van der Waals surface area contributed by atoms with Crippen molar-refractivity contribution in [2.45, 2.75) is 44.3 Å². The van der Waals surface area contributed by atoms with Gasteiger partial charge in [-0.2, -0.15) is 5.10 Å². The third kappa shape index (κ3) is 3.71. The molecule has 2 N–H and O–H groups in total. The first-order chi connectivity index (χ1) is 10.2. The Labute approximate surface area is 125 Å². The molecule has 0 amide bonds. The molecule has 1 aromatic carbocycles. The van der Waals surface area contributed by atoms with Crippen LogP contribution in [0, 0.1) is 0 Å². The van der Waals surface area contributed by atoms with Crippen LogP contribution in [-0.4, -0.2) is 33.1 Å². The maximum atomic E-state index is 9.63. The summed E-state index contributed by atoms with van der Waals surface area (Å²) < 4.78 is 1.96. The molecule has 0 saturated heterocycles. The molecule has 0 bridgehead atoms. The number of aromatic nitrogens is 2. The zero-order valence-electron chi connectivity index (χ0n) is 12.5. The topological polar surface area (TPSA) is 50.1 Å². The molecule has 4 nitrogen and oxygen atoms in total. The number of nitrogens with one attached hydrogen (secondary N) is 1. The molecule has 1 aliphatic carbocycles. The summed E-state index contributed by atoms with van der Waals surface area (Å²) in [6, 6.07) is 10.9. The minimum absolute atomic E-state index is 0.163. The highest BCUT2D eigenvalue weighted by molar-refractivity contribution is 5.61. The number of aliphatic hydroxyl groups excluding tert-OH is 1. The Morgan fingerprint density at radius 2 is 2.05 bits per heavy atom. The van der Waals surface area contributed by atoms with Gasteiger partial charge in [0.1, 0.15) is 0 Å². The molecule has 1 unspecified atom stereocenters. The molecule has 4 heteroatoms. The lowest BCUT2D eigenvalue weighted by Gasteiger charge is -2.29. The maximum Gasteiger partial charge on any atom is 0.0611 e. The molecule has 1 heterocycles. The third-order valence-electron chi connectivity index (χ3n) is 4.11. The van der Waals surface area contributed by atoms with Gasteiger partial charge in [0.25, 0.3) is 0 Å². The largest absolute Gasteiger partial charge is 0.394 e. The zero-order valence-corrected chi connectivity index (χ0v) is 12.5. The van der Waals surface area contributed by atoms with Crippen LogP contribution >= 0.6 is 0 Å². The van der Waals surface area contributed by atoms with Crippen LogP contribution in [-0.2, 0) is 6.54 Å². The van der Waals surface area contributed by atoms with Crippen LogP contribution in [0.25, 0.3) is 11.1 Å². The van der Waals surface area contributed by atoms with Gasteiger partial charge in [0.05, 0.1) is 12.8 Å². The van der Waals surface area contributed by atoms with Gasteiger partial charge >= 0.3 is 0 Å². The van der Waals surface area contributed by atoms with Crippen molar-refractivity contribution < 1.29 is 5.11 Å². The van der Waals surface area contributed by atoms with Crippen LogP contribution in [0.5, 0.6) is 0 Å². The number of hydrogen-bond acceptors (Lipinski definition) is 3. The first-order valence-electron chi connectivity index (χ1n) is 7.65. The van der Waals surface area contributed by atoms with Crippen LogP contribution in [0.15, 0.2) is 42.7 Å². The van der Waals surface area contributed by atoms with E-state index in [0.29, 0.717) is 6.04 Å². The molecule has 1 aromatic heterocycles. The molecule has 1 fully saturated rings. The van der Waals surface area contributed by atoms with E-state index in [1.807, 2.05) is 29.1 Å². The highest BCUT2D eigenvalue weighted by Gasteiger charge is 2.31. The van der Waals surface area contributed by atoms with E-state index in [1.165, 1.54) is 18.4 Å². The highest BCUT2D eigenvalue weighted by atomic mass is 16.3. The van der Waals surface area contributed by atoms with Crippen molar-refractivity contribution in [2.75, 3.05) is 6.61 Å². The fraction of sp³-hybridized carbons (Fsp3) is 0.471. The smallest absolute Gasteiger partial charge is 0.0611 e. The first-order valence-corrected chi connectivity index (χ1v) is 7.65. The number of rotatable bonds is 7. The van der Waals surface area contributed by atoms with E-state index in [4.69, 9.17) is 0 Å². The molecule has 0 radical (unpaired) electrons. The summed E-state index contributed by atoms with van der Waals surface area (Å²) >= 11 is 0. The maximum absolute atomic E-state index is 9.63. The van der Waals surface area contributed by atoms with Gasteiger partial charge in [0, 0.05) is 29.9 Å². The quantitative estimate of drug-likeness (QED) is 0.821. The Morgan fingerprint density at radius 3 is 2.71 bits per heavy atom. The van der Waals surface area contributed by atoms with Gasteiger partial charge < -0.3 is 10.4 Å². The van der Waals surface area contributed by atoms with E-state index in [9.17, 15) is 5.11 Å². The van der Waals surface area contributed by atoms with Gasteiger partial charge in [-0.1, -0.05) is 30.3 Å². The van der Waals surface area contributed by atoms with Gasteiger partial charge in [0.2, 0.25) is 0 Å². The zero-order chi connectivity index (χ0) is 14.7. The van der Waals surface area contributed by atoms with Gasteiger partial charge in [-0.25, -0.2) is 0 Å². The molecular weight excluding hydrogens is 262 g/mol. The summed E-state index contributed by atoms with van der Waals surface area (Å²) in [5.74, 6) is 0. The van der Waals surface area contributed by atoms with Crippen LogP contribution in [0.3, 0.4) is 0 Å². The first kappa shape index (κ1) is 14.3. The summed E-state index contributed by atoms with van der Waals surface area (Å²) in [6.45, 7) is 3.06. The fourth-order valence-electron chi connectivity index (χ4n) is 2.54. The van der Waals surface area contributed by atoms with Gasteiger partial charge in [-0.3, -0.25) is 4.68 Å². The van der Waals surface area contributed by atoms with Crippen molar-refractivity contribution in [1.29, 1.82) is 0 Å². The number of hydrogen-bond donors (Lipinski definition) is 2. The van der Waals surface area contributed by atoms with Gasteiger partial charge in [-0.15, -0.1) is 0 Å². The van der Waals surface area contributed by atoms with Crippen molar-refractivity contribution >= 4 is 0 Å². The molecule has 1 saturated carbocycles. The van der Waals surface area contributed by atoms with Gasteiger partial charge in [0.15, 0.2) is 0 Å².